The van der Waals surface area contributed by atoms with Crippen LogP contribution in [0.3, 0.4) is 0 Å². The third-order valence-corrected chi connectivity index (χ3v) is 4.80. The summed E-state index contributed by atoms with van der Waals surface area (Å²) < 4.78 is 7.61. The lowest BCUT2D eigenvalue weighted by atomic mass is 9.99. The molecule has 5 nitrogen and oxygen atoms in total. The van der Waals surface area contributed by atoms with Crippen LogP contribution in [0.4, 0.5) is 0 Å². The highest BCUT2D eigenvalue weighted by Gasteiger charge is 2.24. The quantitative estimate of drug-likeness (QED) is 0.753. The summed E-state index contributed by atoms with van der Waals surface area (Å²) in [5, 5.41) is 3.52. The van der Waals surface area contributed by atoms with Gasteiger partial charge in [-0.3, -0.25) is 0 Å². The van der Waals surface area contributed by atoms with Crippen LogP contribution in [0.25, 0.3) is 10.9 Å². The molecule has 1 fully saturated rings. The molecule has 0 bridgehead atoms. The fraction of sp³-hybridized carbons (Fsp3) is 0.500. The van der Waals surface area contributed by atoms with E-state index >= 15 is 0 Å². The maximum atomic E-state index is 12.2. The number of carbonyl (C=O) groups excluding carboxylic acids is 1. The topological polar surface area (TPSA) is 75.5 Å². The molecule has 0 spiro atoms. The van der Waals surface area contributed by atoms with Crippen LogP contribution in [0, 0.1) is 5.92 Å². The van der Waals surface area contributed by atoms with Crippen molar-refractivity contribution in [2.75, 3.05) is 19.7 Å². The molecule has 5 N–H and O–H groups in total. The summed E-state index contributed by atoms with van der Waals surface area (Å²) in [6, 6.07) is 7.90. The van der Waals surface area contributed by atoms with Gasteiger partial charge in [-0.25, -0.2) is 4.79 Å². The van der Waals surface area contributed by atoms with E-state index in [1.807, 2.05) is 19.2 Å². The van der Waals surface area contributed by atoms with Gasteiger partial charge in [0.25, 0.3) is 0 Å². The number of fused-ring (bicyclic) bond motifs is 1. The van der Waals surface area contributed by atoms with Gasteiger partial charge in [0.05, 0.1) is 19.7 Å². The summed E-state index contributed by atoms with van der Waals surface area (Å²) in [6.07, 6.45) is 4.99. The van der Waals surface area contributed by atoms with Crippen molar-refractivity contribution < 1.29 is 20.6 Å². The predicted octanol–water partition coefficient (Wildman–Crippen LogP) is -0.152. The van der Waals surface area contributed by atoms with Crippen molar-refractivity contribution in [1.82, 2.24) is 4.57 Å². The largest absolute Gasteiger partial charge is 0.461 e. The molecular formula is C18H27N3O2+2. The molecule has 1 aliphatic rings. The maximum absolute atomic E-state index is 12.2. The molecule has 0 amide bonds. The third-order valence-electron chi connectivity index (χ3n) is 4.80. The van der Waals surface area contributed by atoms with E-state index < -0.39 is 0 Å². The monoisotopic (exact) mass is 317 g/mol. The van der Waals surface area contributed by atoms with Crippen molar-refractivity contribution >= 4 is 16.9 Å². The number of nitrogens with two attached hydrogens (primary N) is 1. The molecule has 23 heavy (non-hydrogen) atoms. The molecule has 1 unspecified atom stereocenters. The molecule has 3 rings (SSSR count). The summed E-state index contributed by atoms with van der Waals surface area (Å²) in [5.74, 6) is 0.348. The Labute approximate surface area is 136 Å². The summed E-state index contributed by atoms with van der Waals surface area (Å²) in [5.41, 5.74) is 6.36. The normalized spacial score (nSPS) is 17.3. The number of quaternary nitrogens is 2. The highest BCUT2D eigenvalue weighted by molar-refractivity contribution is 5.85. The predicted molar refractivity (Wildman–Crippen MR) is 88.6 cm³/mol. The van der Waals surface area contributed by atoms with Crippen molar-refractivity contribution in [1.29, 1.82) is 0 Å². The maximum Gasteiger partial charge on any atom is 0.365 e. The standard InChI is InChI=1S/C18H25N3O2/c1-21-11-14(15-4-2-3-5-17(15)21)10-16(19)18(22)23-12-13-6-8-20-9-7-13/h2-5,11,13,16,20H,6-10,12,19H2,1H3/p+2. The molecule has 0 saturated carbocycles. The minimum Gasteiger partial charge on any atom is -0.461 e. The summed E-state index contributed by atoms with van der Waals surface area (Å²) in [6.45, 7) is 2.84. The van der Waals surface area contributed by atoms with E-state index in [0.717, 1.165) is 31.5 Å². The molecular weight excluding hydrogens is 290 g/mol. The third kappa shape index (κ3) is 3.74. The Bertz CT molecular complexity index is 674. The van der Waals surface area contributed by atoms with Gasteiger partial charge in [-0.2, -0.15) is 0 Å². The second-order valence-electron chi connectivity index (χ2n) is 6.62. The number of piperidine rings is 1. The van der Waals surface area contributed by atoms with Gasteiger partial charge in [-0.15, -0.1) is 0 Å². The number of ether oxygens (including phenoxy) is 1. The number of hydrogen-bond acceptors (Lipinski definition) is 2. The minimum absolute atomic E-state index is 0.174. The van der Waals surface area contributed by atoms with Gasteiger partial charge in [-0.05, 0) is 11.6 Å². The lowest BCUT2D eigenvalue weighted by Gasteiger charge is -2.20. The summed E-state index contributed by atoms with van der Waals surface area (Å²) >= 11 is 0. The molecule has 5 heteroatoms. The Balaban J connectivity index is 1.59. The molecule has 2 aromatic rings. The first-order valence-electron chi connectivity index (χ1n) is 8.49. The van der Waals surface area contributed by atoms with Gasteiger partial charge in [-0.1, -0.05) is 18.2 Å². The van der Waals surface area contributed by atoms with Gasteiger partial charge in [0.2, 0.25) is 0 Å². The van der Waals surface area contributed by atoms with E-state index in [0.29, 0.717) is 18.9 Å². The Kier molecular flexibility index (Phi) is 4.98. The molecule has 1 aliphatic heterocycles. The van der Waals surface area contributed by atoms with Crippen LogP contribution < -0.4 is 11.1 Å². The number of esters is 1. The number of rotatable bonds is 5. The number of aryl methyl sites for hydroxylation is 1. The number of carbonyl (C=O) groups is 1. The van der Waals surface area contributed by atoms with Crippen LogP contribution >= 0.6 is 0 Å². The number of aromatic nitrogens is 1. The Hall–Kier alpha value is -1.85. The van der Waals surface area contributed by atoms with Gasteiger partial charge in [0, 0.05) is 49.3 Å². The molecule has 1 saturated heterocycles. The number of benzene rings is 1. The van der Waals surface area contributed by atoms with Crippen molar-refractivity contribution in [2.24, 2.45) is 13.0 Å². The average molecular weight is 317 g/mol. The minimum atomic E-state index is -0.351. The van der Waals surface area contributed by atoms with E-state index in [1.54, 1.807) is 0 Å². The summed E-state index contributed by atoms with van der Waals surface area (Å²) in [7, 11) is 2.03. The summed E-state index contributed by atoms with van der Waals surface area (Å²) in [4.78, 5) is 12.2. The van der Waals surface area contributed by atoms with Crippen molar-refractivity contribution in [3.05, 3.63) is 36.0 Å². The molecule has 2 heterocycles. The van der Waals surface area contributed by atoms with E-state index in [2.05, 4.69) is 33.9 Å². The fourth-order valence-corrected chi connectivity index (χ4v) is 3.42. The first-order chi connectivity index (χ1) is 11.1. The molecule has 1 atom stereocenters. The van der Waals surface area contributed by atoms with E-state index in [1.165, 1.54) is 10.9 Å². The molecule has 0 aliphatic carbocycles. The average Bonchev–Trinajstić information content (AvgIpc) is 2.90. The Morgan fingerprint density at radius 2 is 2.13 bits per heavy atom. The van der Waals surface area contributed by atoms with Gasteiger partial charge < -0.3 is 20.4 Å². The zero-order chi connectivity index (χ0) is 16.2. The lowest BCUT2D eigenvalue weighted by molar-refractivity contribution is -0.665. The van der Waals surface area contributed by atoms with Gasteiger partial charge >= 0.3 is 5.97 Å². The molecule has 1 aromatic carbocycles. The van der Waals surface area contributed by atoms with Crippen molar-refractivity contribution in [3.8, 4) is 0 Å². The van der Waals surface area contributed by atoms with Crippen LogP contribution in [0.15, 0.2) is 30.5 Å². The fourth-order valence-electron chi connectivity index (χ4n) is 3.42. The Morgan fingerprint density at radius 3 is 2.91 bits per heavy atom. The number of para-hydroxylation sites is 1. The van der Waals surface area contributed by atoms with E-state index in [-0.39, 0.29) is 12.0 Å². The highest BCUT2D eigenvalue weighted by atomic mass is 16.5. The second kappa shape index (κ2) is 7.15. The Morgan fingerprint density at radius 1 is 1.39 bits per heavy atom. The zero-order valence-electron chi connectivity index (χ0n) is 13.8. The SMILES string of the molecule is Cn1cc(CC([NH3+])C(=O)OCC2CC[NH2+]CC2)c2ccccc21. The number of hydrogen-bond donors (Lipinski definition) is 2. The van der Waals surface area contributed by atoms with Crippen LogP contribution in [-0.4, -0.2) is 36.3 Å². The highest BCUT2D eigenvalue weighted by Crippen LogP contribution is 2.21. The van der Waals surface area contributed by atoms with Crippen LogP contribution in [-0.2, 0) is 23.0 Å². The molecule has 124 valence electrons. The first kappa shape index (κ1) is 16.0. The van der Waals surface area contributed by atoms with Crippen LogP contribution in [0.2, 0.25) is 0 Å². The van der Waals surface area contributed by atoms with Crippen molar-refractivity contribution in [2.45, 2.75) is 25.3 Å². The molecule has 0 radical (unpaired) electrons. The smallest absolute Gasteiger partial charge is 0.365 e. The zero-order valence-corrected chi connectivity index (χ0v) is 13.8. The second-order valence-corrected chi connectivity index (χ2v) is 6.62. The van der Waals surface area contributed by atoms with Crippen molar-refractivity contribution in [3.63, 3.8) is 0 Å². The van der Waals surface area contributed by atoms with E-state index in [9.17, 15) is 4.79 Å². The lowest BCUT2D eigenvalue weighted by Crippen LogP contribution is -2.86. The molecule has 1 aromatic heterocycles. The van der Waals surface area contributed by atoms with Gasteiger partial charge in [0.15, 0.2) is 6.04 Å². The van der Waals surface area contributed by atoms with Gasteiger partial charge in [0.1, 0.15) is 0 Å². The first-order valence-corrected chi connectivity index (χ1v) is 8.49. The van der Waals surface area contributed by atoms with Crippen LogP contribution in [0.1, 0.15) is 18.4 Å². The van der Waals surface area contributed by atoms with E-state index in [4.69, 9.17) is 4.74 Å². The number of nitrogens with zero attached hydrogens (tertiary/aromatic N) is 1. The van der Waals surface area contributed by atoms with Crippen LogP contribution in [0.5, 0.6) is 0 Å².